The van der Waals surface area contributed by atoms with Crippen molar-refractivity contribution in [2.75, 3.05) is 14.2 Å². The molecule has 3 aromatic carbocycles. The predicted octanol–water partition coefficient (Wildman–Crippen LogP) is 4.88. The van der Waals surface area contributed by atoms with Crippen LogP contribution >= 0.6 is 23.4 Å². The van der Waals surface area contributed by atoms with Crippen LogP contribution in [0.1, 0.15) is 28.3 Å². The highest BCUT2D eigenvalue weighted by Crippen LogP contribution is 2.42. The number of carbonyl (C=O) groups excluding carboxylic acids is 2. The van der Waals surface area contributed by atoms with Crippen molar-refractivity contribution in [3.8, 4) is 28.3 Å². The number of nitrogens with one attached hydrogen (secondary N) is 1. The van der Waals surface area contributed by atoms with Gasteiger partial charge in [-0.3, -0.25) is 19.8 Å². The molecule has 0 aliphatic carbocycles. The van der Waals surface area contributed by atoms with Gasteiger partial charge in [0.2, 0.25) is 0 Å². The molecule has 11 heteroatoms. The van der Waals surface area contributed by atoms with Gasteiger partial charge in [0.1, 0.15) is 16.9 Å². The molecule has 2 unspecified atom stereocenters. The summed E-state index contributed by atoms with van der Waals surface area (Å²) in [6.07, 6.45) is 0. The molecule has 1 aromatic heterocycles. The summed E-state index contributed by atoms with van der Waals surface area (Å²) in [5, 5.41) is 5.39. The van der Waals surface area contributed by atoms with Crippen molar-refractivity contribution in [1.29, 1.82) is 0 Å². The second-order valence-corrected chi connectivity index (χ2v) is 10.8. The molecule has 40 heavy (non-hydrogen) atoms. The number of hydrazine groups is 1. The second kappa shape index (κ2) is 11.4. The number of nitrogens with zero attached hydrogens (tertiary/aromatic N) is 3. The Hall–Kier alpha value is -4.28. The third-order valence-corrected chi connectivity index (χ3v) is 7.96. The molecule has 1 aliphatic heterocycles. The SMILES string of the molecule is COc1ccc(-c2cc(=O)n(-c3ccc(OC)cc3)nc2C(=O)NN2C(=O)C(C)SC2c2cccc(Cl)c2)cc1. The number of rotatable bonds is 7. The van der Waals surface area contributed by atoms with Gasteiger partial charge in [-0.25, -0.2) is 5.01 Å². The molecule has 1 aliphatic rings. The highest BCUT2D eigenvalue weighted by Gasteiger charge is 2.40. The smallest absolute Gasteiger partial charge is 0.291 e. The number of halogens is 1. The Labute approximate surface area is 239 Å². The van der Waals surface area contributed by atoms with Gasteiger partial charge in [0.15, 0.2) is 5.69 Å². The van der Waals surface area contributed by atoms with Crippen molar-refractivity contribution in [2.45, 2.75) is 17.5 Å². The predicted molar refractivity (Wildman–Crippen MR) is 154 cm³/mol. The van der Waals surface area contributed by atoms with Crippen molar-refractivity contribution in [1.82, 2.24) is 20.2 Å². The first-order valence-electron chi connectivity index (χ1n) is 12.3. The summed E-state index contributed by atoms with van der Waals surface area (Å²) in [5.74, 6) is 0.309. The maximum atomic E-state index is 13.8. The Kier molecular flexibility index (Phi) is 7.81. The third kappa shape index (κ3) is 5.41. The fraction of sp³-hybridized carbons (Fsp3) is 0.172. The van der Waals surface area contributed by atoms with Gasteiger partial charge in [-0.05, 0) is 66.6 Å². The summed E-state index contributed by atoms with van der Waals surface area (Å²) < 4.78 is 11.6. The normalized spacial score (nSPS) is 16.6. The van der Waals surface area contributed by atoms with Crippen LogP contribution in [0.4, 0.5) is 0 Å². The quantitative estimate of drug-likeness (QED) is 0.334. The molecule has 2 heterocycles. The Balaban J connectivity index is 1.58. The summed E-state index contributed by atoms with van der Waals surface area (Å²) in [6.45, 7) is 1.78. The van der Waals surface area contributed by atoms with Crippen LogP contribution in [-0.4, -0.2) is 46.1 Å². The fourth-order valence-corrected chi connectivity index (χ4v) is 5.71. The van der Waals surface area contributed by atoms with E-state index in [0.717, 1.165) is 10.2 Å². The molecule has 204 valence electrons. The highest BCUT2D eigenvalue weighted by atomic mass is 35.5. The summed E-state index contributed by atoms with van der Waals surface area (Å²) in [5.41, 5.74) is 4.37. The van der Waals surface area contributed by atoms with Crippen molar-refractivity contribution < 1.29 is 19.1 Å². The van der Waals surface area contributed by atoms with Crippen molar-refractivity contribution in [3.05, 3.63) is 105 Å². The first-order valence-corrected chi connectivity index (χ1v) is 13.6. The molecule has 0 radical (unpaired) electrons. The summed E-state index contributed by atoms with van der Waals surface area (Å²) in [4.78, 5) is 40.2. The van der Waals surface area contributed by atoms with Gasteiger partial charge in [0.25, 0.3) is 17.4 Å². The summed E-state index contributed by atoms with van der Waals surface area (Å²) in [7, 11) is 3.09. The van der Waals surface area contributed by atoms with E-state index in [2.05, 4.69) is 10.5 Å². The molecule has 2 atom stereocenters. The minimum absolute atomic E-state index is 0.0391. The van der Waals surface area contributed by atoms with Crippen molar-refractivity contribution in [2.24, 2.45) is 0 Å². The maximum absolute atomic E-state index is 13.8. The lowest BCUT2D eigenvalue weighted by atomic mass is 10.0. The fourth-order valence-electron chi connectivity index (χ4n) is 4.31. The molecule has 2 amide bonds. The monoisotopic (exact) mass is 576 g/mol. The van der Waals surface area contributed by atoms with E-state index in [4.69, 9.17) is 21.1 Å². The van der Waals surface area contributed by atoms with Gasteiger partial charge in [0, 0.05) is 16.7 Å². The molecular weight excluding hydrogens is 552 g/mol. The summed E-state index contributed by atoms with van der Waals surface area (Å²) in [6, 6.07) is 22.1. The van der Waals surface area contributed by atoms with Crippen LogP contribution < -0.4 is 20.5 Å². The van der Waals surface area contributed by atoms with E-state index in [0.29, 0.717) is 33.3 Å². The topological polar surface area (TPSA) is 103 Å². The lowest BCUT2D eigenvalue weighted by Gasteiger charge is -2.25. The Morgan fingerprint density at radius 1 is 0.950 bits per heavy atom. The zero-order chi connectivity index (χ0) is 28.4. The standard InChI is InChI=1S/C29H25ClN4O5S/c1-17-28(37)34(29(40-17)19-5-4-6-20(30)15-19)32-27(36)26-24(18-7-11-22(38-2)12-8-18)16-25(35)33(31-26)21-9-13-23(39-3)14-10-21/h4-17,29H,1-3H3,(H,32,36). The Morgan fingerprint density at radius 2 is 1.60 bits per heavy atom. The van der Waals surface area contributed by atoms with E-state index in [1.54, 1.807) is 87.9 Å². The molecule has 1 fully saturated rings. The molecule has 0 spiro atoms. The number of hydrogen-bond donors (Lipinski definition) is 1. The molecule has 5 rings (SSSR count). The Morgan fingerprint density at radius 3 is 2.23 bits per heavy atom. The van der Waals surface area contributed by atoms with Gasteiger partial charge in [-0.1, -0.05) is 35.9 Å². The first-order chi connectivity index (χ1) is 19.3. The second-order valence-electron chi connectivity index (χ2n) is 8.92. The van der Waals surface area contributed by atoms with Crippen LogP contribution in [0.3, 0.4) is 0 Å². The van der Waals surface area contributed by atoms with Crippen molar-refractivity contribution in [3.63, 3.8) is 0 Å². The van der Waals surface area contributed by atoms with Crippen LogP contribution in [0.2, 0.25) is 5.02 Å². The van der Waals surface area contributed by atoms with Crippen LogP contribution in [0.15, 0.2) is 83.7 Å². The van der Waals surface area contributed by atoms with Gasteiger partial charge < -0.3 is 9.47 Å². The van der Waals surface area contributed by atoms with Gasteiger partial charge >= 0.3 is 0 Å². The van der Waals surface area contributed by atoms with E-state index in [1.165, 1.54) is 22.8 Å². The highest BCUT2D eigenvalue weighted by molar-refractivity contribution is 8.01. The number of aromatic nitrogens is 2. The minimum atomic E-state index is -0.650. The van der Waals surface area contributed by atoms with E-state index in [1.807, 2.05) is 6.07 Å². The van der Waals surface area contributed by atoms with Crippen LogP contribution in [-0.2, 0) is 4.79 Å². The van der Waals surface area contributed by atoms with Crippen LogP contribution in [0.5, 0.6) is 11.5 Å². The number of benzene rings is 3. The van der Waals surface area contributed by atoms with Crippen LogP contribution in [0.25, 0.3) is 16.8 Å². The average Bonchev–Trinajstić information content (AvgIpc) is 3.25. The summed E-state index contributed by atoms with van der Waals surface area (Å²) >= 11 is 7.60. The number of thioether (sulfide) groups is 1. The number of amides is 2. The maximum Gasteiger partial charge on any atom is 0.291 e. The zero-order valence-corrected chi connectivity index (χ0v) is 23.4. The molecule has 4 aromatic rings. The van der Waals surface area contributed by atoms with E-state index < -0.39 is 22.1 Å². The minimum Gasteiger partial charge on any atom is -0.497 e. The van der Waals surface area contributed by atoms with Gasteiger partial charge in [-0.2, -0.15) is 9.78 Å². The van der Waals surface area contributed by atoms with Crippen LogP contribution in [0, 0.1) is 0 Å². The van der Waals surface area contributed by atoms with E-state index in [9.17, 15) is 14.4 Å². The molecule has 0 saturated carbocycles. The van der Waals surface area contributed by atoms with E-state index in [-0.39, 0.29) is 11.6 Å². The average molecular weight is 577 g/mol. The van der Waals surface area contributed by atoms with Gasteiger partial charge in [0.05, 0.1) is 25.2 Å². The first kappa shape index (κ1) is 27.3. The largest absolute Gasteiger partial charge is 0.497 e. The lowest BCUT2D eigenvalue weighted by molar-refractivity contribution is -0.132. The number of ether oxygens (including phenoxy) is 2. The molecule has 9 nitrogen and oxygen atoms in total. The van der Waals surface area contributed by atoms with Crippen molar-refractivity contribution >= 4 is 35.2 Å². The molecular formula is C29H25ClN4O5S. The van der Waals surface area contributed by atoms with Gasteiger partial charge in [-0.15, -0.1) is 11.8 Å². The number of carbonyl (C=O) groups is 2. The number of hydrogen-bond acceptors (Lipinski definition) is 7. The Bertz CT molecular complexity index is 1630. The zero-order valence-electron chi connectivity index (χ0n) is 21.8. The van der Waals surface area contributed by atoms with E-state index >= 15 is 0 Å². The molecule has 1 N–H and O–H groups in total. The molecule has 0 bridgehead atoms. The third-order valence-electron chi connectivity index (χ3n) is 6.37. The number of methoxy groups -OCH3 is 2. The lowest BCUT2D eigenvalue weighted by Crippen LogP contribution is -2.46. The molecule has 1 saturated heterocycles.